The van der Waals surface area contributed by atoms with Crippen LogP contribution in [0.5, 0.6) is 0 Å². The monoisotopic (exact) mass is 302 g/mol. The van der Waals surface area contributed by atoms with Crippen molar-refractivity contribution in [3.05, 3.63) is 57.0 Å². The predicted molar refractivity (Wildman–Crippen MR) is 79.6 cm³/mol. The van der Waals surface area contributed by atoms with E-state index in [4.69, 9.17) is 11.6 Å². The molecule has 106 valence electrons. The summed E-state index contributed by atoms with van der Waals surface area (Å²) in [5.41, 5.74) is 3.00. The molecular weight excluding hydrogens is 292 g/mol. The van der Waals surface area contributed by atoms with Crippen LogP contribution in [0.25, 0.3) is 17.0 Å². The number of nitrogens with zero attached hydrogens (tertiary/aromatic N) is 4. The van der Waals surface area contributed by atoms with Gasteiger partial charge in [-0.2, -0.15) is 0 Å². The summed E-state index contributed by atoms with van der Waals surface area (Å²) in [5.74, 6) is 0.570. The lowest BCUT2D eigenvalue weighted by Crippen LogP contribution is -1.94. The van der Waals surface area contributed by atoms with E-state index in [2.05, 4.69) is 9.97 Å². The molecule has 0 radical (unpaired) electrons. The maximum atomic E-state index is 11.0. The van der Waals surface area contributed by atoms with Crippen LogP contribution in [0.15, 0.2) is 30.5 Å². The molecule has 2 aromatic heterocycles. The van der Waals surface area contributed by atoms with Crippen LogP contribution in [0.3, 0.4) is 0 Å². The van der Waals surface area contributed by atoms with Crippen LogP contribution in [0, 0.1) is 24.0 Å². The Balaban J connectivity index is 2.19. The largest absolute Gasteiger partial charge is 0.288 e. The van der Waals surface area contributed by atoms with Gasteiger partial charge in [0.05, 0.1) is 10.6 Å². The van der Waals surface area contributed by atoms with Crippen molar-refractivity contribution in [1.29, 1.82) is 0 Å². The molecule has 6 nitrogen and oxygen atoms in total. The quantitative estimate of drug-likeness (QED) is 0.536. The van der Waals surface area contributed by atoms with Gasteiger partial charge < -0.3 is 0 Å². The molecule has 3 rings (SSSR count). The van der Waals surface area contributed by atoms with Crippen molar-refractivity contribution in [3.63, 3.8) is 0 Å². The van der Waals surface area contributed by atoms with Crippen LogP contribution >= 0.6 is 11.6 Å². The number of rotatable bonds is 2. The number of aryl methyl sites for hydroxylation is 2. The zero-order chi connectivity index (χ0) is 15.1. The third-order valence-electron chi connectivity index (χ3n) is 3.20. The first-order valence-corrected chi connectivity index (χ1v) is 6.61. The Morgan fingerprint density at radius 3 is 2.71 bits per heavy atom. The van der Waals surface area contributed by atoms with E-state index in [-0.39, 0.29) is 10.7 Å². The number of fused-ring (bicyclic) bond motifs is 1. The Bertz CT molecular complexity index is 873. The molecule has 0 fully saturated rings. The van der Waals surface area contributed by atoms with Crippen LogP contribution in [0.4, 0.5) is 5.69 Å². The molecule has 7 heteroatoms. The van der Waals surface area contributed by atoms with Crippen LogP contribution < -0.4 is 0 Å². The van der Waals surface area contributed by atoms with Gasteiger partial charge in [-0.15, -0.1) is 0 Å². The maximum absolute atomic E-state index is 11.0. The van der Waals surface area contributed by atoms with Crippen LogP contribution in [0.1, 0.15) is 11.4 Å². The third kappa shape index (κ3) is 2.34. The lowest BCUT2D eigenvalue weighted by atomic mass is 10.1. The highest BCUT2D eigenvalue weighted by Crippen LogP contribution is 2.30. The van der Waals surface area contributed by atoms with Gasteiger partial charge in [0.25, 0.3) is 5.69 Å². The molecule has 0 bridgehead atoms. The molecular formula is C14H11ClN4O2. The average molecular weight is 303 g/mol. The molecule has 0 atom stereocenters. The Kier molecular flexibility index (Phi) is 3.10. The second kappa shape index (κ2) is 4.82. The molecule has 1 aromatic carbocycles. The molecule has 0 spiro atoms. The summed E-state index contributed by atoms with van der Waals surface area (Å²) in [4.78, 5) is 19.2. The number of halogens is 1. The summed E-state index contributed by atoms with van der Waals surface area (Å²) in [6.45, 7) is 3.85. The van der Waals surface area contributed by atoms with Gasteiger partial charge >= 0.3 is 0 Å². The van der Waals surface area contributed by atoms with Crippen molar-refractivity contribution in [2.45, 2.75) is 13.8 Å². The summed E-state index contributed by atoms with van der Waals surface area (Å²) in [7, 11) is 0. The number of imidazole rings is 1. The van der Waals surface area contributed by atoms with E-state index >= 15 is 0 Å². The lowest BCUT2D eigenvalue weighted by molar-refractivity contribution is -0.384. The Labute approximate surface area is 125 Å². The molecule has 0 N–H and O–H groups in total. The van der Waals surface area contributed by atoms with E-state index in [1.54, 1.807) is 6.07 Å². The van der Waals surface area contributed by atoms with Gasteiger partial charge in [0.15, 0.2) is 0 Å². The fraction of sp³-hybridized carbons (Fsp3) is 0.143. The Hall–Kier alpha value is -2.47. The van der Waals surface area contributed by atoms with Crippen molar-refractivity contribution < 1.29 is 4.92 Å². The molecule has 0 unspecified atom stereocenters. The fourth-order valence-electron chi connectivity index (χ4n) is 2.22. The van der Waals surface area contributed by atoms with E-state index in [0.717, 1.165) is 11.4 Å². The first-order valence-electron chi connectivity index (χ1n) is 6.23. The second-order valence-electron chi connectivity index (χ2n) is 4.76. The minimum Gasteiger partial charge on any atom is -0.288 e. The number of nitro benzene ring substituents is 1. The zero-order valence-electron chi connectivity index (χ0n) is 11.4. The van der Waals surface area contributed by atoms with Crippen LogP contribution in [-0.4, -0.2) is 19.3 Å². The number of benzene rings is 1. The number of aromatic nitrogens is 3. The van der Waals surface area contributed by atoms with Crippen molar-refractivity contribution in [3.8, 4) is 11.3 Å². The van der Waals surface area contributed by atoms with Gasteiger partial charge in [-0.05, 0) is 26.0 Å². The molecule has 3 aromatic rings. The average Bonchev–Trinajstić information content (AvgIpc) is 2.83. The minimum atomic E-state index is -0.505. The Morgan fingerprint density at radius 2 is 2.00 bits per heavy atom. The van der Waals surface area contributed by atoms with Gasteiger partial charge in [0, 0.05) is 29.2 Å². The number of hydrogen-bond acceptors (Lipinski definition) is 4. The van der Waals surface area contributed by atoms with Crippen molar-refractivity contribution >= 4 is 23.1 Å². The molecule has 21 heavy (non-hydrogen) atoms. The Morgan fingerprint density at radius 1 is 1.24 bits per heavy atom. The highest BCUT2D eigenvalue weighted by Gasteiger charge is 2.15. The lowest BCUT2D eigenvalue weighted by Gasteiger charge is -1.99. The highest BCUT2D eigenvalue weighted by molar-refractivity contribution is 6.32. The molecule has 0 aliphatic carbocycles. The summed E-state index contributed by atoms with van der Waals surface area (Å²) in [6.07, 6.45) is 1.81. The molecule has 0 aliphatic rings. The van der Waals surface area contributed by atoms with E-state index in [1.807, 2.05) is 30.5 Å². The van der Waals surface area contributed by atoms with E-state index < -0.39 is 4.92 Å². The standard InChI is InChI=1S/C14H11ClN4O2/c1-8-5-9(2)18-7-12(17-14(18)16-8)10-3-4-11(15)13(6-10)19(20)21/h3-7H,1-2H3. The SMILES string of the molecule is Cc1cc(C)n2cc(-c3ccc(Cl)c([N+](=O)[O-])c3)nc2n1. The molecule has 0 saturated carbocycles. The summed E-state index contributed by atoms with van der Waals surface area (Å²) >= 11 is 5.82. The number of nitro groups is 1. The third-order valence-corrected chi connectivity index (χ3v) is 3.52. The van der Waals surface area contributed by atoms with Gasteiger partial charge in [-0.25, -0.2) is 9.97 Å². The van der Waals surface area contributed by atoms with Crippen molar-refractivity contribution in [2.75, 3.05) is 0 Å². The van der Waals surface area contributed by atoms with Crippen molar-refractivity contribution in [1.82, 2.24) is 14.4 Å². The molecule has 2 heterocycles. The first kappa shape index (κ1) is 13.5. The summed E-state index contributed by atoms with van der Waals surface area (Å²) < 4.78 is 1.85. The van der Waals surface area contributed by atoms with Gasteiger partial charge in [-0.1, -0.05) is 17.7 Å². The maximum Gasteiger partial charge on any atom is 0.288 e. The van der Waals surface area contributed by atoms with Crippen LogP contribution in [-0.2, 0) is 0 Å². The smallest absolute Gasteiger partial charge is 0.288 e. The van der Waals surface area contributed by atoms with Gasteiger partial charge in [0.1, 0.15) is 5.02 Å². The predicted octanol–water partition coefficient (Wildman–Crippen LogP) is 3.57. The zero-order valence-corrected chi connectivity index (χ0v) is 12.1. The molecule has 0 aliphatic heterocycles. The fourth-order valence-corrected chi connectivity index (χ4v) is 2.41. The second-order valence-corrected chi connectivity index (χ2v) is 5.17. The van der Waals surface area contributed by atoms with E-state index in [1.165, 1.54) is 12.1 Å². The molecule has 0 saturated heterocycles. The summed E-state index contributed by atoms with van der Waals surface area (Å²) in [5, 5.41) is 11.1. The van der Waals surface area contributed by atoms with Crippen molar-refractivity contribution in [2.24, 2.45) is 0 Å². The number of hydrogen-bond donors (Lipinski definition) is 0. The topological polar surface area (TPSA) is 73.3 Å². The highest BCUT2D eigenvalue weighted by atomic mass is 35.5. The first-order chi connectivity index (χ1) is 9.95. The van der Waals surface area contributed by atoms with Gasteiger partial charge in [0.2, 0.25) is 5.78 Å². The normalized spacial score (nSPS) is 11.0. The van der Waals surface area contributed by atoms with E-state index in [0.29, 0.717) is 17.0 Å². The van der Waals surface area contributed by atoms with E-state index in [9.17, 15) is 10.1 Å². The van der Waals surface area contributed by atoms with Gasteiger partial charge in [-0.3, -0.25) is 14.5 Å². The van der Waals surface area contributed by atoms with Crippen LogP contribution in [0.2, 0.25) is 5.02 Å². The molecule has 0 amide bonds. The summed E-state index contributed by atoms with van der Waals surface area (Å²) in [6, 6.07) is 6.58. The minimum absolute atomic E-state index is 0.109.